The largest absolute Gasteiger partial charge is 0.326 e. The van der Waals surface area contributed by atoms with Gasteiger partial charge in [-0.3, -0.25) is 19.1 Å². The van der Waals surface area contributed by atoms with E-state index in [-0.39, 0.29) is 23.7 Å². The number of amides is 1. The van der Waals surface area contributed by atoms with Crippen LogP contribution in [-0.4, -0.2) is 15.5 Å². The Hall–Kier alpha value is -3.28. The topological polar surface area (TPSA) is 64.0 Å². The van der Waals surface area contributed by atoms with Crippen LogP contribution in [0.5, 0.6) is 0 Å². The maximum Gasteiger partial charge on any atom is 0.257 e. The van der Waals surface area contributed by atoms with Gasteiger partial charge in [0.15, 0.2) is 0 Å². The van der Waals surface area contributed by atoms with Crippen LogP contribution in [0.4, 0.5) is 10.1 Å². The van der Waals surface area contributed by atoms with Crippen molar-refractivity contribution in [2.75, 3.05) is 5.32 Å². The maximum absolute atomic E-state index is 12.9. The Labute approximate surface area is 143 Å². The summed E-state index contributed by atoms with van der Waals surface area (Å²) >= 11 is 0. The summed E-state index contributed by atoms with van der Waals surface area (Å²) in [6.45, 7) is 0. The van der Waals surface area contributed by atoms with Crippen molar-refractivity contribution in [2.45, 2.75) is 12.8 Å². The molecule has 0 saturated carbocycles. The molecule has 2 aromatic heterocycles. The van der Waals surface area contributed by atoms with Gasteiger partial charge in [0.1, 0.15) is 5.82 Å². The van der Waals surface area contributed by atoms with Gasteiger partial charge in [0.25, 0.3) is 5.56 Å². The number of hydrogen-bond donors (Lipinski definition) is 1. The van der Waals surface area contributed by atoms with Crippen LogP contribution >= 0.6 is 0 Å². The fraction of sp³-hybridized carbons (Fsp3) is 0.105. The van der Waals surface area contributed by atoms with Crippen molar-refractivity contribution in [1.29, 1.82) is 0 Å². The quantitative estimate of drug-likeness (QED) is 0.778. The van der Waals surface area contributed by atoms with E-state index in [9.17, 15) is 14.0 Å². The molecule has 3 rings (SSSR count). The van der Waals surface area contributed by atoms with Crippen LogP contribution in [0.15, 0.2) is 71.9 Å². The fourth-order valence-electron chi connectivity index (χ4n) is 2.41. The lowest BCUT2D eigenvalue weighted by Gasteiger charge is -2.08. The highest BCUT2D eigenvalue weighted by atomic mass is 19.1. The van der Waals surface area contributed by atoms with Gasteiger partial charge in [-0.25, -0.2) is 4.39 Å². The number of aryl methyl sites for hydroxylation is 1. The van der Waals surface area contributed by atoms with Gasteiger partial charge in [0.05, 0.1) is 5.69 Å². The molecule has 1 amide bonds. The highest BCUT2D eigenvalue weighted by Crippen LogP contribution is 2.09. The first kappa shape index (κ1) is 16.6. The number of carbonyl (C=O) groups is 1. The van der Waals surface area contributed by atoms with Gasteiger partial charge in [-0.2, -0.15) is 0 Å². The molecular formula is C19H16FN3O2. The number of rotatable bonds is 5. The zero-order valence-corrected chi connectivity index (χ0v) is 13.4. The first-order valence-corrected chi connectivity index (χ1v) is 7.79. The molecule has 1 aromatic carbocycles. The Bertz CT molecular complexity index is 921. The van der Waals surface area contributed by atoms with E-state index in [0.29, 0.717) is 17.8 Å². The molecule has 0 spiro atoms. The molecule has 0 aliphatic rings. The minimum absolute atomic E-state index is 0.203. The van der Waals surface area contributed by atoms with Crippen LogP contribution in [0, 0.1) is 5.82 Å². The fourth-order valence-corrected chi connectivity index (χ4v) is 2.41. The van der Waals surface area contributed by atoms with Crippen LogP contribution < -0.4 is 10.9 Å². The molecule has 0 radical (unpaired) electrons. The number of aromatic nitrogens is 2. The minimum Gasteiger partial charge on any atom is -0.326 e. The average molecular weight is 337 g/mol. The number of benzene rings is 1. The number of hydrogen-bond acceptors (Lipinski definition) is 3. The molecule has 0 unspecified atom stereocenters. The first-order chi connectivity index (χ1) is 12.1. The SMILES string of the molecule is O=C(CCc1ccc(F)cc1)Nc1ccn(-c2ccncc2)c(=O)c1. The van der Waals surface area contributed by atoms with E-state index < -0.39 is 0 Å². The summed E-state index contributed by atoms with van der Waals surface area (Å²) in [6, 6.07) is 12.5. The molecule has 25 heavy (non-hydrogen) atoms. The van der Waals surface area contributed by atoms with Gasteiger partial charge in [-0.15, -0.1) is 0 Å². The average Bonchev–Trinajstić information content (AvgIpc) is 2.62. The van der Waals surface area contributed by atoms with Crippen molar-refractivity contribution in [2.24, 2.45) is 0 Å². The van der Waals surface area contributed by atoms with Gasteiger partial charge in [-0.1, -0.05) is 12.1 Å². The lowest BCUT2D eigenvalue weighted by atomic mass is 10.1. The minimum atomic E-state index is -0.303. The van der Waals surface area contributed by atoms with Gasteiger partial charge >= 0.3 is 0 Å². The van der Waals surface area contributed by atoms with E-state index in [4.69, 9.17) is 0 Å². The van der Waals surface area contributed by atoms with Crippen LogP contribution in [0.1, 0.15) is 12.0 Å². The van der Waals surface area contributed by atoms with Crippen LogP contribution in [0.25, 0.3) is 5.69 Å². The predicted molar refractivity (Wildman–Crippen MR) is 93.2 cm³/mol. The highest BCUT2D eigenvalue weighted by molar-refractivity contribution is 5.90. The second kappa shape index (κ2) is 7.53. The van der Waals surface area contributed by atoms with Crippen molar-refractivity contribution in [1.82, 2.24) is 9.55 Å². The Morgan fingerprint density at radius 3 is 2.48 bits per heavy atom. The van der Waals surface area contributed by atoms with E-state index in [2.05, 4.69) is 10.3 Å². The summed E-state index contributed by atoms with van der Waals surface area (Å²) in [5.41, 5.74) is 1.78. The van der Waals surface area contributed by atoms with Gasteiger partial charge < -0.3 is 5.32 Å². The van der Waals surface area contributed by atoms with Gasteiger partial charge in [0, 0.05) is 36.8 Å². The third-order valence-corrected chi connectivity index (χ3v) is 3.70. The lowest BCUT2D eigenvalue weighted by molar-refractivity contribution is -0.116. The number of anilines is 1. The number of carbonyl (C=O) groups excluding carboxylic acids is 1. The molecule has 1 N–H and O–H groups in total. The second-order valence-corrected chi connectivity index (χ2v) is 5.50. The van der Waals surface area contributed by atoms with Crippen molar-refractivity contribution >= 4 is 11.6 Å². The molecule has 5 nitrogen and oxygen atoms in total. The number of pyridine rings is 2. The number of nitrogens with zero attached hydrogens (tertiary/aromatic N) is 2. The smallest absolute Gasteiger partial charge is 0.257 e. The summed E-state index contributed by atoms with van der Waals surface area (Å²) in [6.07, 6.45) is 5.56. The third-order valence-electron chi connectivity index (χ3n) is 3.70. The molecule has 0 atom stereocenters. The maximum atomic E-state index is 12.9. The van der Waals surface area contributed by atoms with Crippen molar-refractivity contribution in [3.05, 3.63) is 88.9 Å². The number of nitrogens with one attached hydrogen (secondary N) is 1. The van der Waals surface area contributed by atoms with Crippen LogP contribution in [-0.2, 0) is 11.2 Å². The molecule has 126 valence electrons. The second-order valence-electron chi connectivity index (χ2n) is 5.50. The Morgan fingerprint density at radius 1 is 1.08 bits per heavy atom. The summed E-state index contributed by atoms with van der Waals surface area (Å²) < 4.78 is 14.3. The summed E-state index contributed by atoms with van der Waals surface area (Å²) in [5, 5.41) is 2.70. The van der Waals surface area contributed by atoms with E-state index in [1.807, 2.05) is 0 Å². The Kier molecular flexibility index (Phi) is 4.99. The molecule has 6 heteroatoms. The van der Waals surface area contributed by atoms with Crippen molar-refractivity contribution in [3.63, 3.8) is 0 Å². The molecule has 3 aromatic rings. The first-order valence-electron chi connectivity index (χ1n) is 7.79. The van der Waals surface area contributed by atoms with E-state index in [1.54, 1.807) is 48.9 Å². The van der Waals surface area contributed by atoms with E-state index in [1.165, 1.54) is 22.8 Å². The highest BCUT2D eigenvalue weighted by Gasteiger charge is 2.06. The monoisotopic (exact) mass is 337 g/mol. The normalized spacial score (nSPS) is 10.4. The standard InChI is InChI=1S/C19H16FN3O2/c20-15-4-1-14(2-5-15)3-6-18(24)22-16-9-12-23(19(25)13-16)17-7-10-21-11-8-17/h1-2,4-5,7-13H,3,6H2,(H,22,24). The molecule has 2 heterocycles. The number of halogens is 1. The van der Waals surface area contributed by atoms with Crippen LogP contribution in [0.2, 0.25) is 0 Å². The molecule has 0 aliphatic carbocycles. The zero-order chi connectivity index (χ0) is 17.6. The Balaban J connectivity index is 1.63. The summed E-state index contributed by atoms with van der Waals surface area (Å²) in [5.74, 6) is -0.506. The van der Waals surface area contributed by atoms with E-state index >= 15 is 0 Å². The molecule has 0 aliphatic heterocycles. The van der Waals surface area contributed by atoms with Gasteiger partial charge in [-0.05, 0) is 42.3 Å². The van der Waals surface area contributed by atoms with Gasteiger partial charge in [0.2, 0.25) is 5.91 Å². The van der Waals surface area contributed by atoms with Crippen LogP contribution in [0.3, 0.4) is 0 Å². The Morgan fingerprint density at radius 2 is 1.80 bits per heavy atom. The van der Waals surface area contributed by atoms with Crippen molar-refractivity contribution < 1.29 is 9.18 Å². The summed E-state index contributed by atoms with van der Waals surface area (Å²) in [7, 11) is 0. The summed E-state index contributed by atoms with van der Waals surface area (Å²) in [4.78, 5) is 28.1. The third kappa shape index (κ3) is 4.38. The molecule has 0 saturated heterocycles. The molecular weight excluding hydrogens is 321 g/mol. The lowest BCUT2D eigenvalue weighted by Crippen LogP contribution is -2.19. The van der Waals surface area contributed by atoms with Crippen molar-refractivity contribution in [3.8, 4) is 5.69 Å². The molecule has 0 fully saturated rings. The molecule has 0 bridgehead atoms. The zero-order valence-electron chi connectivity index (χ0n) is 13.4. The predicted octanol–water partition coefficient (Wildman–Crippen LogP) is 2.94. The van der Waals surface area contributed by atoms with E-state index in [0.717, 1.165) is 5.56 Å².